The lowest BCUT2D eigenvalue weighted by atomic mass is 9.96. The van der Waals surface area contributed by atoms with Crippen LogP contribution in [0.25, 0.3) is 0 Å². The SMILES string of the molecule is CN(C)C(=O)CN=C(NC1CC=CC1)NC1CCCCC1. The van der Waals surface area contributed by atoms with Gasteiger partial charge < -0.3 is 15.5 Å². The standard InChI is InChI=1S/C16H28N4O/c1-20(2)15(21)12-17-16(19-14-10-6-7-11-14)18-13-8-4-3-5-9-13/h6-7,13-14H,3-5,8-12H2,1-2H3,(H2,17,18,19). The highest BCUT2D eigenvalue weighted by Gasteiger charge is 2.18. The Hall–Kier alpha value is -1.52. The number of amides is 1. The van der Waals surface area contributed by atoms with Crippen LogP contribution < -0.4 is 10.6 Å². The Labute approximate surface area is 127 Å². The molecular formula is C16H28N4O. The molecule has 1 amide bonds. The van der Waals surface area contributed by atoms with Gasteiger partial charge in [0, 0.05) is 26.2 Å². The van der Waals surface area contributed by atoms with Crippen molar-refractivity contribution in [3.05, 3.63) is 12.2 Å². The number of hydrogen-bond acceptors (Lipinski definition) is 2. The van der Waals surface area contributed by atoms with E-state index in [4.69, 9.17) is 0 Å². The molecule has 21 heavy (non-hydrogen) atoms. The van der Waals surface area contributed by atoms with Crippen molar-refractivity contribution < 1.29 is 4.79 Å². The van der Waals surface area contributed by atoms with E-state index in [1.807, 2.05) is 0 Å². The van der Waals surface area contributed by atoms with Crippen LogP contribution in [0.5, 0.6) is 0 Å². The first-order valence-electron chi connectivity index (χ1n) is 8.08. The molecule has 0 saturated heterocycles. The second-order valence-corrected chi connectivity index (χ2v) is 6.22. The van der Waals surface area contributed by atoms with Crippen molar-refractivity contribution in [3.63, 3.8) is 0 Å². The number of carbonyl (C=O) groups excluding carboxylic acids is 1. The van der Waals surface area contributed by atoms with Gasteiger partial charge in [-0.2, -0.15) is 0 Å². The zero-order valence-corrected chi connectivity index (χ0v) is 13.3. The van der Waals surface area contributed by atoms with Gasteiger partial charge in [-0.25, -0.2) is 4.99 Å². The van der Waals surface area contributed by atoms with E-state index in [0.29, 0.717) is 12.1 Å². The summed E-state index contributed by atoms with van der Waals surface area (Å²) in [7, 11) is 3.53. The molecule has 0 aromatic rings. The summed E-state index contributed by atoms with van der Waals surface area (Å²) in [5, 5.41) is 6.98. The fourth-order valence-corrected chi connectivity index (χ4v) is 2.79. The second-order valence-electron chi connectivity index (χ2n) is 6.22. The van der Waals surface area contributed by atoms with E-state index in [0.717, 1.165) is 18.8 Å². The largest absolute Gasteiger partial charge is 0.354 e. The third kappa shape index (κ3) is 5.40. The molecule has 1 saturated carbocycles. The first-order chi connectivity index (χ1) is 10.1. The number of guanidine groups is 1. The predicted molar refractivity (Wildman–Crippen MR) is 86.3 cm³/mol. The summed E-state index contributed by atoms with van der Waals surface area (Å²) in [6, 6.07) is 0.906. The molecule has 0 aromatic heterocycles. The number of aliphatic imine (C=N–C) groups is 1. The topological polar surface area (TPSA) is 56.7 Å². The molecular weight excluding hydrogens is 264 g/mol. The van der Waals surface area contributed by atoms with E-state index in [9.17, 15) is 4.79 Å². The molecule has 2 rings (SSSR count). The van der Waals surface area contributed by atoms with Crippen LogP contribution in [0, 0.1) is 0 Å². The highest BCUT2D eigenvalue weighted by atomic mass is 16.2. The molecule has 0 radical (unpaired) electrons. The van der Waals surface area contributed by atoms with Crippen molar-refractivity contribution in [1.82, 2.24) is 15.5 Å². The van der Waals surface area contributed by atoms with Crippen LogP contribution in [0.4, 0.5) is 0 Å². The fraction of sp³-hybridized carbons (Fsp3) is 0.750. The summed E-state index contributed by atoms with van der Waals surface area (Å²) < 4.78 is 0. The first-order valence-corrected chi connectivity index (χ1v) is 8.08. The van der Waals surface area contributed by atoms with Crippen LogP contribution in [0.1, 0.15) is 44.9 Å². The molecule has 5 heteroatoms. The quantitative estimate of drug-likeness (QED) is 0.471. The van der Waals surface area contributed by atoms with Crippen LogP contribution in [0.15, 0.2) is 17.1 Å². The molecule has 2 N–H and O–H groups in total. The maximum Gasteiger partial charge on any atom is 0.243 e. The summed E-state index contributed by atoms with van der Waals surface area (Å²) in [6.07, 6.45) is 12.8. The Morgan fingerprint density at radius 3 is 2.33 bits per heavy atom. The van der Waals surface area contributed by atoms with Crippen LogP contribution in [-0.4, -0.2) is 49.5 Å². The van der Waals surface area contributed by atoms with Gasteiger partial charge in [0.05, 0.1) is 0 Å². The number of carbonyl (C=O) groups is 1. The number of hydrogen-bond donors (Lipinski definition) is 2. The van der Waals surface area contributed by atoms with Crippen LogP contribution >= 0.6 is 0 Å². The highest BCUT2D eigenvalue weighted by molar-refractivity contribution is 5.85. The maximum absolute atomic E-state index is 11.7. The highest BCUT2D eigenvalue weighted by Crippen LogP contribution is 2.17. The molecule has 0 unspecified atom stereocenters. The fourth-order valence-electron chi connectivity index (χ4n) is 2.79. The summed E-state index contributed by atoms with van der Waals surface area (Å²) in [5.41, 5.74) is 0. The molecule has 0 bridgehead atoms. The van der Waals surface area contributed by atoms with Gasteiger partial charge in [0.15, 0.2) is 5.96 Å². The van der Waals surface area contributed by atoms with Crippen molar-refractivity contribution in [2.24, 2.45) is 4.99 Å². The summed E-state index contributed by atoms with van der Waals surface area (Å²) in [4.78, 5) is 17.8. The summed E-state index contributed by atoms with van der Waals surface area (Å²) in [5.74, 6) is 0.829. The monoisotopic (exact) mass is 292 g/mol. The smallest absolute Gasteiger partial charge is 0.243 e. The van der Waals surface area contributed by atoms with Gasteiger partial charge >= 0.3 is 0 Å². The van der Waals surface area contributed by atoms with Gasteiger partial charge in [-0.15, -0.1) is 0 Å². The molecule has 0 atom stereocenters. The van der Waals surface area contributed by atoms with Crippen molar-refractivity contribution in [2.45, 2.75) is 57.0 Å². The minimum atomic E-state index is 0.0318. The third-order valence-electron chi connectivity index (χ3n) is 4.17. The second kappa shape index (κ2) is 8.05. The van der Waals surface area contributed by atoms with Crippen molar-refractivity contribution >= 4 is 11.9 Å². The van der Waals surface area contributed by atoms with Crippen molar-refractivity contribution in [2.75, 3.05) is 20.6 Å². The molecule has 0 aliphatic heterocycles. The van der Waals surface area contributed by atoms with E-state index in [-0.39, 0.29) is 12.5 Å². The maximum atomic E-state index is 11.7. The van der Waals surface area contributed by atoms with Gasteiger partial charge in [-0.05, 0) is 25.7 Å². The Bertz CT molecular complexity index is 389. The van der Waals surface area contributed by atoms with Crippen LogP contribution in [0.3, 0.4) is 0 Å². The van der Waals surface area contributed by atoms with Gasteiger partial charge in [-0.1, -0.05) is 31.4 Å². The van der Waals surface area contributed by atoms with E-state index in [2.05, 4.69) is 27.8 Å². The Balaban J connectivity index is 1.91. The normalized spacial score (nSPS) is 20.6. The Morgan fingerprint density at radius 2 is 1.71 bits per heavy atom. The molecule has 0 spiro atoms. The lowest BCUT2D eigenvalue weighted by Crippen LogP contribution is -2.47. The summed E-state index contributed by atoms with van der Waals surface area (Å²) in [6.45, 7) is 0.204. The molecule has 5 nitrogen and oxygen atoms in total. The average Bonchev–Trinajstić information content (AvgIpc) is 2.98. The molecule has 0 heterocycles. The van der Waals surface area contributed by atoms with E-state index in [1.165, 1.54) is 32.1 Å². The third-order valence-corrected chi connectivity index (χ3v) is 4.17. The molecule has 2 aliphatic carbocycles. The van der Waals surface area contributed by atoms with Gasteiger partial charge in [-0.3, -0.25) is 4.79 Å². The number of likely N-dealkylation sites (N-methyl/N-ethyl adjacent to an activating group) is 1. The minimum absolute atomic E-state index is 0.0318. The minimum Gasteiger partial charge on any atom is -0.354 e. The van der Waals surface area contributed by atoms with Gasteiger partial charge in [0.1, 0.15) is 6.54 Å². The number of nitrogens with one attached hydrogen (secondary N) is 2. The van der Waals surface area contributed by atoms with Gasteiger partial charge in [0.2, 0.25) is 5.91 Å². The lowest BCUT2D eigenvalue weighted by Gasteiger charge is -2.26. The Morgan fingerprint density at radius 1 is 1.10 bits per heavy atom. The molecule has 1 fully saturated rings. The first kappa shape index (κ1) is 15.9. The lowest BCUT2D eigenvalue weighted by molar-refractivity contribution is -0.127. The number of nitrogens with zero attached hydrogens (tertiary/aromatic N) is 2. The van der Waals surface area contributed by atoms with E-state index in [1.54, 1.807) is 19.0 Å². The van der Waals surface area contributed by atoms with E-state index < -0.39 is 0 Å². The van der Waals surface area contributed by atoms with Crippen LogP contribution in [0.2, 0.25) is 0 Å². The molecule has 0 aromatic carbocycles. The Kier molecular flexibility index (Phi) is 6.08. The van der Waals surface area contributed by atoms with Gasteiger partial charge in [0.25, 0.3) is 0 Å². The number of rotatable bonds is 4. The zero-order valence-electron chi connectivity index (χ0n) is 13.3. The summed E-state index contributed by atoms with van der Waals surface area (Å²) >= 11 is 0. The van der Waals surface area contributed by atoms with Crippen molar-refractivity contribution in [1.29, 1.82) is 0 Å². The average molecular weight is 292 g/mol. The molecule has 2 aliphatic rings. The van der Waals surface area contributed by atoms with Crippen LogP contribution in [-0.2, 0) is 4.79 Å². The van der Waals surface area contributed by atoms with E-state index >= 15 is 0 Å². The predicted octanol–water partition coefficient (Wildman–Crippen LogP) is 1.66. The zero-order chi connectivity index (χ0) is 15.1. The van der Waals surface area contributed by atoms with Crippen molar-refractivity contribution in [3.8, 4) is 0 Å². The molecule has 118 valence electrons.